The van der Waals surface area contributed by atoms with E-state index in [0.717, 1.165) is 55.3 Å². The molecule has 0 aliphatic heterocycles. The summed E-state index contributed by atoms with van der Waals surface area (Å²) in [6.45, 7) is 0. The van der Waals surface area contributed by atoms with E-state index in [0.29, 0.717) is 5.56 Å². The molecule has 3 heteroatoms. The van der Waals surface area contributed by atoms with E-state index in [4.69, 9.17) is 0 Å². The van der Waals surface area contributed by atoms with Crippen LogP contribution >= 0.6 is 0 Å². The topological polar surface area (TPSA) is 33.6 Å². The van der Waals surface area contributed by atoms with Crippen LogP contribution in [-0.2, 0) is 0 Å². The van der Waals surface area contributed by atoms with Gasteiger partial charge in [-0.25, -0.2) is 0 Å². The Balaban J connectivity index is 1.62. The van der Waals surface area contributed by atoms with E-state index in [1.54, 1.807) is 0 Å². The van der Waals surface area contributed by atoms with Crippen molar-refractivity contribution in [2.75, 3.05) is 0 Å². The third-order valence-corrected chi connectivity index (χ3v) is 8.92. The van der Waals surface area contributed by atoms with Gasteiger partial charge in [-0.15, -0.1) is 0 Å². The minimum absolute atomic E-state index is 0.682. The summed E-state index contributed by atoms with van der Waals surface area (Å²) in [6.07, 6.45) is 0. The molecule has 9 aromatic rings. The van der Waals surface area contributed by atoms with E-state index < -0.39 is 0 Å². The molecule has 2 heterocycles. The molecule has 44 heavy (non-hydrogen) atoms. The molecule has 0 amide bonds. The average molecular weight is 560 g/mol. The number of benzene rings is 7. The maximum Gasteiger partial charge on any atom is 0.0998 e. The fraction of sp³-hybridized carbons (Fsp3) is 0. The predicted molar refractivity (Wildman–Crippen MR) is 183 cm³/mol. The van der Waals surface area contributed by atoms with Crippen LogP contribution in [-0.4, -0.2) is 9.13 Å². The fourth-order valence-electron chi connectivity index (χ4n) is 7.19. The number of para-hydroxylation sites is 4. The highest BCUT2D eigenvalue weighted by atomic mass is 15.0. The Morgan fingerprint density at radius 3 is 1.48 bits per heavy atom. The molecule has 204 valence electrons. The summed E-state index contributed by atoms with van der Waals surface area (Å²) in [6, 6.07) is 55.9. The first-order valence-corrected chi connectivity index (χ1v) is 14.9. The van der Waals surface area contributed by atoms with E-state index in [9.17, 15) is 5.26 Å². The number of hydrogen-bond acceptors (Lipinski definition) is 1. The lowest BCUT2D eigenvalue weighted by atomic mass is 9.89. The molecule has 0 radical (unpaired) electrons. The van der Waals surface area contributed by atoms with Crippen molar-refractivity contribution >= 4 is 54.4 Å². The standard InChI is InChI=1S/C41H25N3/c42-26-28-15-11-13-27-14-12-22-33(38(27)28)41-39-31-20-7-9-23-34(31)43(29-16-3-1-4-17-29)36(39)25-37-40(41)32-21-8-10-24-35(32)44(37)30-18-5-2-6-19-30/h1-25H. The first-order chi connectivity index (χ1) is 21.8. The lowest BCUT2D eigenvalue weighted by Gasteiger charge is -2.15. The second kappa shape index (κ2) is 9.46. The zero-order valence-corrected chi connectivity index (χ0v) is 23.8. The molecule has 0 fully saturated rings. The second-order valence-electron chi connectivity index (χ2n) is 11.2. The van der Waals surface area contributed by atoms with Crippen LogP contribution in [0.1, 0.15) is 5.56 Å². The van der Waals surface area contributed by atoms with Crippen LogP contribution in [0.5, 0.6) is 0 Å². The molecule has 0 saturated heterocycles. The van der Waals surface area contributed by atoms with E-state index in [1.807, 2.05) is 12.1 Å². The van der Waals surface area contributed by atoms with Crippen LogP contribution in [0, 0.1) is 11.3 Å². The van der Waals surface area contributed by atoms with Crippen molar-refractivity contribution in [3.05, 3.63) is 157 Å². The number of nitriles is 1. The second-order valence-corrected chi connectivity index (χ2v) is 11.2. The van der Waals surface area contributed by atoms with Crippen molar-refractivity contribution in [1.82, 2.24) is 9.13 Å². The molecule has 0 atom stereocenters. The summed E-state index contributed by atoms with van der Waals surface area (Å²) >= 11 is 0. The summed E-state index contributed by atoms with van der Waals surface area (Å²) in [5.74, 6) is 0. The highest BCUT2D eigenvalue weighted by molar-refractivity contribution is 6.30. The third kappa shape index (κ3) is 3.37. The normalized spacial score (nSPS) is 11.6. The van der Waals surface area contributed by atoms with Gasteiger partial charge in [-0.1, -0.05) is 103 Å². The summed E-state index contributed by atoms with van der Waals surface area (Å²) in [4.78, 5) is 0. The van der Waals surface area contributed by atoms with E-state index in [1.165, 1.54) is 21.5 Å². The quantitative estimate of drug-likeness (QED) is 0.212. The van der Waals surface area contributed by atoms with Gasteiger partial charge in [0.15, 0.2) is 0 Å². The molecule has 3 nitrogen and oxygen atoms in total. The minimum atomic E-state index is 0.682. The molecule has 0 N–H and O–H groups in total. The van der Waals surface area contributed by atoms with E-state index in [2.05, 4.69) is 155 Å². The van der Waals surface area contributed by atoms with Gasteiger partial charge in [0.25, 0.3) is 0 Å². The average Bonchev–Trinajstić information content (AvgIpc) is 3.60. The predicted octanol–water partition coefficient (Wildman–Crippen LogP) is 10.6. The summed E-state index contributed by atoms with van der Waals surface area (Å²) in [7, 11) is 0. The first-order valence-electron chi connectivity index (χ1n) is 14.9. The summed E-state index contributed by atoms with van der Waals surface area (Å²) in [5.41, 5.74) is 9.70. The highest BCUT2D eigenvalue weighted by Gasteiger charge is 2.25. The SMILES string of the molecule is N#Cc1cccc2cccc(-c3c4c5ccccc5n(-c5ccccc5)c4cc4c3c3ccccc3n4-c3ccccc3)c12. The van der Waals surface area contributed by atoms with Crippen molar-refractivity contribution in [2.24, 2.45) is 0 Å². The largest absolute Gasteiger partial charge is 0.309 e. The number of aromatic nitrogens is 2. The Bertz CT molecular complexity index is 2460. The number of fused-ring (bicyclic) bond motifs is 7. The molecule has 0 unspecified atom stereocenters. The Labute approximate surface area is 254 Å². The molecule has 7 aromatic carbocycles. The van der Waals surface area contributed by atoms with Gasteiger partial charge in [0, 0.05) is 43.9 Å². The minimum Gasteiger partial charge on any atom is -0.309 e. The van der Waals surface area contributed by atoms with Crippen LogP contribution in [0.4, 0.5) is 0 Å². The van der Waals surface area contributed by atoms with Crippen LogP contribution in [0.2, 0.25) is 0 Å². The van der Waals surface area contributed by atoms with Gasteiger partial charge in [-0.3, -0.25) is 0 Å². The molecule has 0 saturated carbocycles. The molecular weight excluding hydrogens is 534 g/mol. The third-order valence-electron chi connectivity index (χ3n) is 8.92. The van der Waals surface area contributed by atoms with Crippen LogP contribution < -0.4 is 0 Å². The molecular formula is C41H25N3. The number of hydrogen-bond donors (Lipinski definition) is 0. The van der Waals surface area contributed by atoms with Gasteiger partial charge in [-0.05, 0) is 59.5 Å². The Morgan fingerprint density at radius 1 is 0.432 bits per heavy atom. The maximum atomic E-state index is 10.3. The molecule has 0 aliphatic rings. The van der Waals surface area contributed by atoms with Crippen LogP contribution in [0.25, 0.3) is 76.9 Å². The maximum absolute atomic E-state index is 10.3. The first kappa shape index (κ1) is 24.5. The summed E-state index contributed by atoms with van der Waals surface area (Å²) in [5, 5.41) is 17.1. The highest BCUT2D eigenvalue weighted by Crippen LogP contribution is 2.48. The van der Waals surface area contributed by atoms with Crippen molar-refractivity contribution < 1.29 is 0 Å². The summed E-state index contributed by atoms with van der Waals surface area (Å²) < 4.78 is 4.77. The van der Waals surface area contributed by atoms with Crippen molar-refractivity contribution in [3.8, 4) is 28.6 Å². The van der Waals surface area contributed by atoms with Crippen LogP contribution in [0.15, 0.2) is 152 Å². The lowest BCUT2D eigenvalue weighted by molar-refractivity contribution is 1.16. The van der Waals surface area contributed by atoms with Gasteiger partial charge in [-0.2, -0.15) is 5.26 Å². The Hall–Kier alpha value is -6.11. The molecule has 0 bridgehead atoms. The number of rotatable bonds is 3. The van der Waals surface area contributed by atoms with Crippen molar-refractivity contribution in [2.45, 2.75) is 0 Å². The van der Waals surface area contributed by atoms with Gasteiger partial charge < -0.3 is 9.13 Å². The zero-order valence-electron chi connectivity index (χ0n) is 23.8. The number of nitrogens with zero attached hydrogens (tertiary/aromatic N) is 3. The lowest BCUT2D eigenvalue weighted by Crippen LogP contribution is -1.96. The van der Waals surface area contributed by atoms with Gasteiger partial charge >= 0.3 is 0 Å². The van der Waals surface area contributed by atoms with Crippen LogP contribution in [0.3, 0.4) is 0 Å². The molecule has 2 aromatic heterocycles. The Morgan fingerprint density at radius 2 is 0.932 bits per heavy atom. The van der Waals surface area contributed by atoms with Crippen molar-refractivity contribution in [1.29, 1.82) is 5.26 Å². The monoisotopic (exact) mass is 559 g/mol. The smallest absolute Gasteiger partial charge is 0.0998 e. The van der Waals surface area contributed by atoms with Gasteiger partial charge in [0.2, 0.25) is 0 Å². The van der Waals surface area contributed by atoms with Crippen molar-refractivity contribution in [3.63, 3.8) is 0 Å². The molecule has 0 spiro atoms. The van der Waals surface area contributed by atoms with E-state index in [-0.39, 0.29) is 0 Å². The molecule has 0 aliphatic carbocycles. The molecule has 9 rings (SSSR count). The fourth-order valence-corrected chi connectivity index (χ4v) is 7.19. The van der Waals surface area contributed by atoms with E-state index >= 15 is 0 Å². The van der Waals surface area contributed by atoms with Gasteiger partial charge in [0.05, 0.1) is 33.7 Å². The van der Waals surface area contributed by atoms with Gasteiger partial charge in [0.1, 0.15) is 0 Å². The zero-order chi connectivity index (χ0) is 29.2. The Kier molecular flexibility index (Phi) is 5.26.